The molecule has 19 heavy (non-hydrogen) atoms. The van der Waals surface area contributed by atoms with Gasteiger partial charge < -0.3 is 10.2 Å². The van der Waals surface area contributed by atoms with Crippen LogP contribution in [0.3, 0.4) is 0 Å². The molecule has 9 nitrogen and oxygen atoms in total. The van der Waals surface area contributed by atoms with E-state index < -0.39 is 11.5 Å². The third kappa shape index (κ3) is 2.01. The highest BCUT2D eigenvalue weighted by molar-refractivity contribution is 6.05. The van der Waals surface area contributed by atoms with E-state index in [-0.39, 0.29) is 34.8 Å². The standard InChI is InChI=1S/C10H10N6O3/c1-4-6(8(12)17)7-9(19-4)14-3-16(10(7)18)2-5(11)15-13/h3,11,13H,2H2,1H3,(H2,12,17). The lowest BCUT2D eigenvalue weighted by molar-refractivity contribution is 0.1000. The number of nitrogens with zero attached hydrogens (tertiary/aromatic N) is 3. The van der Waals surface area contributed by atoms with Gasteiger partial charge in [0.2, 0.25) is 5.71 Å². The van der Waals surface area contributed by atoms with Crippen LogP contribution in [-0.4, -0.2) is 21.3 Å². The number of aromatic nitrogens is 2. The maximum absolute atomic E-state index is 12.2. The highest BCUT2D eigenvalue weighted by Crippen LogP contribution is 2.19. The first kappa shape index (κ1) is 12.6. The average Bonchev–Trinajstić information content (AvgIpc) is 2.69. The molecule has 0 fully saturated rings. The van der Waals surface area contributed by atoms with Crippen LogP contribution in [0.15, 0.2) is 20.7 Å². The van der Waals surface area contributed by atoms with Crippen LogP contribution in [-0.2, 0) is 6.54 Å². The fourth-order valence-electron chi connectivity index (χ4n) is 1.74. The summed E-state index contributed by atoms with van der Waals surface area (Å²) in [6.07, 6.45) is 1.16. The van der Waals surface area contributed by atoms with Crippen LogP contribution in [0.5, 0.6) is 0 Å². The molecule has 2 aromatic heterocycles. The Morgan fingerprint density at radius 2 is 2.32 bits per heavy atom. The number of amides is 1. The van der Waals surface area contributed by atoms with Crippen molar-refractivity contribution < 1.29 is 9.21 Å². The summed E-state index contributed by atoms with van der Waals surface area (Å²) in [6.45, 7) is 1.29. The zero-order chi connectivity index (χ0) is 14.2. The van der Waals surface area contributed by atoms with Crippen LogP contribution in [0.4, 0.5) is 0 Å². The molecule has 0 saturated heterocycles. The van der Waals surface area contributed by atoms with Crippen LogP contribution in [0.25, 0.3) is 11.1 Å². The number of nitrogens with one attached hydrogen (secondary N) is 2. The Kier molecular flexibility index (Phi) is 2.95. The number of aryl methyl sites for hydroxylation is 1. The molecular formula is C10H10N6O3. The monoisotopic (exact) mass is 262 g/mol. The van der Waals surface area contributed by atoms with Crippen LogP contribution in [0, 0.1) is 17.9 Å². The van der Waals surface area contributed by atoms with Gasteiger partial charge in [-0.25, -0.2) is 10.5 Å². The van der Waals surface area contributed by atoms with E-state index >= 15 is 0 Å². The number of primary amides is 1. The fourth-order valence-corrected chi connectivity index (χ4v) is 1.74. The molecule has 2 heterocycles. The molecule has 2 aromatic rings. The SMILES string of the molecule is Cc1oc2ncn(CC(=N)N=N)c(=O)c2c1C(N)=O. The second-order valence-corrected chi connectivity index (χ2v) is 3.81. The molecule has 4 N–H and O–H groups in total. The van der Waals surface area contributed by atoms with Crippen molar-refractivity contribution in [3.8, 4) is 0 Å². The maximum Gasteiger partial charge on any atom is 0.265 e. The molecule has 0 aliphatic carbocycles. The third-order valence-corrected chi connectivity index (χ3v) is 2.56. The van der Waals surface area contributed by atoms with Crippen molar-refractivity contribution in [2.24, 2.45) is 10.8 Å². The normalized spacial score (nSPS) is 10.6. The van der Waals surface area contributed by atoms with Crippen molar-refractivity contribution in [3.63, 3.8) is 0 Å². The van der Waals surface area contributed by atoms with Crippen molar-refractivity contribution in [2.75, 3.05) is 0 Å². The number of hydrogen-bond acceptors (Lipinski definition) is 6. The Hall–Kier alpha value is -2.84. The van der Waals surface area contributed by atoms with Gasteiger partial charge >= 0.3 is 0 Å². The molecule has 2 rings (SSSR count). The Bertz CT molecular complexity index is 756. The molecule has 0 atom stereocenters. The topological polar surface area (TPSA) is 151 Å². The number of carbonyl (C=O) groups is 1. The fraction of sp³-hybridized carbons (Fsp3) is 0.200. The van der Waals surface area contributed by atoms with E-state index in [2.05, 4.69) is 10.1 Å². The number of fused-ring (bicyclic) bond motifs is 1. The number of amidine groups is 1. The van der Waals surface area contributed by atoms with Crippen LogP contribution >= 0.6 is 0 Å². The Morgan fingerprint density at radius 3 is 2.89 bits per heavy atom. The zero-order valence-electron chi connectivity index (χ0n) is 9.93. The largest absolute Gasteiger partial charge is 0.442 e. The highest BCUT2D eigenvalue weighted by atomic mass is 16.3. The smallest absolute Gasteiger partial charge is 0.265 e. The van der Waals surface area contributed by atoms with Gasteiger partial charge in [-0.1, -0.05) is 0 Å². The van der Waals surface area contributed by atoms with Crippen LogP contribution in [0.1, 0.15) is 16.1 Å². The van der Waals surface area contributed by atoms with Crippen molar-refractivity contribution in [1.29, 1.82) is 10.9 Å². The van der Waals surface area contributed by atoms with Gasteiger partial charge in [0, 0.05) is 0 Å². The summed E-state index contributed by atoms with van der Waals surface area (Å²) in [5.41, 5.74) is 11.3. The van der Waals surface area contributed by atoms with E-state index in [0.717, 1.165) is 10.9 Å². The van der Waals surface area contributed by atoms with Gasteiger partial charge in [0.05, 0.1) is 12.1 Å². The van der Waals surface area contributed by atoms with Gasteiger partial charge in [0.1, 0.15) is 17.5 Å². The lowest BCUT2D eigenvalue weighted by Crippen LogP contribution is -2.25. The van der Waals surface area contributed by atoms with Gasteiger partial charge in [-0.3, -0.25) is 19.6 Å². The predicted molar refractivity (Wildman–Crippen MR) is 64.4 cm³/mol. The van der Waals surface area contributed by atoms with Crippen molar-refractivity contribution in [2.45, 2.75) is 13.5 Å². The quantitative estimate of drug-likeness (QED) is 0.416. The second kappa shape index (κ2) is 4.44. The molecule has 0 aliphatic heterocycles. The number of rotatable bonds is 3. The number of furan rings is 1. The zero-order valence-corrected chi connectivity index (χ0v) is 9.93. The number of hydrogen-bond donors (Lipinski definition) is 3. The minimum atomic E-state index is -0.784. The Labute approximate surface area is 106 Å². The van der Waals surface area contributed by atoms with E-state index in [1.165, 1.54) is 6.92 Å². The summed E-state index contributed by atoms with van der Waals surface area (Å²) < 4.78 is 6.25. The molecule has 0 spiro atoms. The molecular weight excluding hydrogens is 252 g/mol. The van der Waals surface area contributed by atoms with Crippen LogP contribution in [0.2, 0.25) is 0 Å². The molecule has 0 aromatic carbocycles. The number of nitrogens with two attached hydrogens (primary N) is 1. The second-order valence-electron chi connectivity index (χ2n) is 3.81. The summed E-state index contributed by atoms with van der Waals surface area (Å²) in [6, 6.07) is 0. The van der Waals surface area contributed by atoms with Gasteiger partial charge in [0.15, 0.2) is 5.84 Å². The van der Waals surface area contributed by atoms with E-state index in [9.17, 15) is 9.59 Å². The molecule has 0 bridgehead atoms. The summed E-state index contributed by atoms with van der Waals surface area (Å²) in [4.78, 5) is 27.4. The Morgan fingerprint density at radius 1 is 1.63 bits per heavy atom. The summed E-state index contributed by atoms with van der Waals surface area (Å²) in [5, 5.41) is 10.1. The molecule has 0 radical (unpaired) electrons. The minimum absolute atomic E-state index is 0.0156. The third-order valence-electron chi connectivity index (χ3n) is 2.56. The van der Waals surface area contributed by atoms with E-state index in [1.807, 2.05) is 0 Å². The first-order chi connectivity index (χ1) is 8.95. The van der Waals surface area contributed by atoms with Crippen molar-refractivity contribution in [3.05, 3.63) is 28.0 Å². The average molecular weight is 262 g/mol. The van der Waals surface area contributed by atoms with E-state index in [4.69, 9.17) is 21.1 Å². The molecule has 0 aliphatic rings. The van der Waals surface area contributed by atoms with Gasteiger partial charge in [-0.15, -0.1) is 5.11 Å². The maximum atomic E-state index is 12.2. The van der Waals surface area contributed by atoms with Crippen molar-refractivity contribution >= 4 is 22.8 Å². The molecule has 1 amide bonds. The molecule has 98 valence electrons. The minimum Gasteiger partial charge on any atom is -0.442 e. The first-order valence-electron chi connectivity index (χ1n) is 5.19. The van der Waals surface area contributed by atoms with Gasteiger partial charge in [0.25, 0.3) is 11.5 Å². The summed E-state index contributed by atoms with van der Waals surface area (Å²) in [5.74, 6) is -0.887. The summed E-state index contributed by atoms with van der Waals surface area (Å²) >= 11 is 0. The van der Waals surface area contributed by atoms with Crippen molar-refractivity contribution in [1.82, 2.24) is 9.55 Å². The lowest BCUT2D eigenvalue weighted by atomic mass is 10.2. The van der Waals surface area contributed by atoms with Gasteiger partial charge in [-0.05, 0) is 6.92 Å². The van der Waals surface area contributed by atoms with Gasteiger partial charge in [-0.2, -0.15) is 0 Å². The molecule has 0 unspecified atom stereocenters. The van der Waals surface area contributed by atoms with E-state index in [1.54, 1.807) is 0 Å². The Balaban J connectivity index is 2.73. The van der Waals surface area contributed by atoms with E-state index in [0.29, 0.717) is 0 Å². The first-order valence-corrected chi connectivity index (χ1v) is 5.19. The summed E-state index contributed by atoms with van der Waals surface area (Å²) in [7, 11) is 0. The highest BCUT2D eigenvalue weighted by Gasteiger charge is 2.21. The number of carbonyl (C=O) groups excluding carboxylic acids is 1. The molecule has 9 heteroatoms. The molecule has 0 saturated carbocycles. The van der Waals surface area contributed by atoms with Crippen LogP contribution < -0.4 is 11.3 Å². The lowest BCUT2D eigenvalue weighted by Gasteiger charge is -2.02. The predicted octanol–water partition coefficient (Wildman–Crippen LogP) is 0.405.